The summed E-state index contributed by atoms with van der Waals surface area (Å²) in [5.74, 6) is -0.273. The average molecular weight is 280 g/mol. The third-order valence-corrected chi connectivity index (χ3v) is 4.64. The first-order chi connectivity index (χ1) is 9.72. The highest BCUT2D eigenvalue weighted by molar-refractivity contribution is 5.47. The van der Waals surface area contributed by atoms with E-state index in [-0.39, 0.29) is 0 Å². The van der Waals surface area contributed by atoms with E-state index in [0.717, 1.165) is 25.7 Å². The number of nitrogens with zero attached hydrogens (tertiary/aromatic N) is 1. The predicted molar refractivity (Wildman–Crippen MR) is 76.9 cm³/mol. The van der Waals surface area contributed by atoms with E-state index in [9.17, 15) is 8.78 Å². The Hall–Kier alpha value is -1.16. The number of piperazine rings is 1. The maximum Gasteiger partial charge on any atom is 0.128 e. The van der Waals surface area contributed by atoms with E-state index in [2.05, 4.69) is 10.2 Å². The lowest BCUT2D eigenvalue weighted by molar-refractivity contribution is 0.257. The topological polar surface area (TPSA) is 15.3 Å². The highest BCUT2D eigenvalue weighted by Gasteiger charge is 2.28. The third kappa shape index (κ3) is 3.11. The fourth-order valence-corrected chi connectivity index (χ4v) is 3.59. The van der Waals surface area contributed by atoms with Crippen molar-refractivity contribution < 1.29 is 8.78 Å². The summed E-state index contributed by atoms with van der Waals surface area (Å²) < 4.78 is 26.7. The van der Waals surface area contributed by atoms with E-state index in [4.69, 9.17) is 0 Å². The number of halogens is 2. The van der Waals surface area contributed by atoms with Gasteiger partial charge in [-0.25, -0.2) is 8.78 Å². The molecule has 4 heteroatoms. The summed E-state index contributed by atoms with van der Waals surface area (Å²) in [6, 6.07) is 4.26. The minimum absolute atomic E-state index is 0.454. The summed E-state index contributed by atoms with van der Waals surface area (Å²) in [6.07, 6.45) is 6.54. The zero-order valence-corrected chi connectivity index (χ0v) is 11.7. The summed E-state index contributed by atoms with van der Waals surface area (Å²) in [5.41, 5.74) is 0.671. The van der Waals surface area contributed by atoms with Crippen LogP contribution in [0.3, 0.4) is 0 Å². The van der Waals surface area contributed by atoms with Crippen LogP contribution in [-0.2, 0) is 0 Å². The lowest BCUT2D eigenvalue weighted by atomic mass is 9.83. The molecule has 110 valence electrons. The maximum absolute atomic E-state index is 13.4. The number of benzene rings is 1. The van der Waals surface area contributed by atoms with Crippen LogP contribution in [0.2, 0.25) is 0 Å². The SMILES string of the molecule is Fc1cc(F)cc(N2CCNC(C3CCCCC3)C2)c1. The molecule has 1 aromatic rings. The molecule has 1 unspecified atom stereocenters. The van der Waals surface area contributed by atoms with E-state index >= 15 is 0 Å². The maximum atomic E-state index is 13.4. The molecule has 3 rings (SSSR count). The van der Waals surface area contributed by atoms with Crippen LogP contribution in [0.15, 0.2) is 18.2 Å². The number of hydrogen-bond acceptors (Lipinski definition) is 2. The molecule has 1 aromatic carbocycles. The average Bonchev–Trinajstić information content (AvgIpc) is 2.47. The van der Waals surface area contributed by atoms with E-state index in [1.165, 1.54) is 44.2 Å². The molecule has 1 aliphatic heterocycles. The molecule has 0 bridgehead atoms. The Bertz CT molecular complexity index is 438. The van der Waals surface area contributed by atoms with Crippen LogP contribution >= 0.6 is 0 Å². The highest BCUT2D eigenvalue weighted by atomic mass is 19.1. The second-order valence-electron chi connectivity index (χ2n) is 6.03. The van der Waals surface area contributed by atoms with Gasteiger partial charge in [0.25, 0.3) is 0 Å². The van der Waals surface area contributed by atoms with Gasteiger partial charge in [0.05, 0.1) is 0 Å². The molecule has 0 spiro atoms. The van der Waals surface area contributed by atoms with Gasteiger partial charge in [0.2, 0.25) is 0 Å². The zero-order chi connectivity index (χ0) is 13.9. The number of anilines is 1. The van der Waals surface area contributed by atoms with Crippen LogP contribution in [0, 0.1) is 17.6 Å². The molecular formula is C16H22F2N2. The minimum Gasteiger partial charge on any atom is -0.369 e. The van der Waals surface area contributed by atoms with Gasteiger partial charge in [-0.2, -0.15) is 0 Å². The van der Waals surface area contributed by atoms with E-state index in [1.54, 1.807) is 0 Å². The lowest BCUT2D eigenvalue weighted by Crippen LogP contribution is -2.54. The molecule has 1 atom stereocenters. The Kier molecular flexibility index (Phi) is 4.20. The van der Waals surface area contributed by atoms with Gasteiger partial charge in [-0.15, -0.1) is 0 Å². The largest absolute Gasteiger partial charge is 0.369 e. The van der Waals surface area contributed by atoms with Crippen LogP contribution in [0.4, 0.5) is 14.5 Å². The highest BCUT2D eigenvalue weighted by Crippen LogP contribution is 2.29. The summed E-state index contributed by atoms with van der Waals surface area (Å²) in [5, 5.41) is 3.59. The van der Waals surface area contributed by atoms with Crippen LogP contribution < -0.4 is 10.2 Å². The molecule has 1 heterocycles. The van der Waals surface area contributed by atoms with Crippen molar-refractivity contribution in [3.05, 3.63) is 29.8 Å². The number of hydrogen-bond donors (Lipinski definition) is 1. The van der Waals surface area contributed by atoms with Gasteiger partial charge < -0.3 is 10.2 Å². The fourth-order valence-electron chi connectivity index (χ4n) is 3.59. The van der Waals surface area contributed by atoms with Gasteiger partial charge in [0.15, 0.2) is 0 Å². The monoisotopic (exact) mass is 280 g/mol. The first-order valence-corrected chi connectivity index (χ1v) is 7.67. The first kappa shape index (κ1) is 13.8. The van der Waals surface area contributed by atoms with Crippen LogP contribution in [0.5, 0.6) is 0 Å². The van der Waals surface area contributed by atoms with E-state index in [1.807, 2.05) is 0 Å². The predicted octanol–water partition coefficient (Wildman–Crippen LogP) is 3.32. The van der Waals surface area contributed by atoms with Crippen LogP contribution in [-0.4, -0.2) is 25.7 Å². The molecule has 2 nitrogen and oxygen atoms in total. The minimum atomic E-state index is -0.493. The number of rotatable bonds is 2. The normalized spacial score (nSPS) is 24.9. The van der Waals surface area contributed by atoms with Crippen molar-refractivity contribution in [3.63, 3.8) is 0 Å². The van der Waals surface area contributed by atoms with Crippen molar-refractivity contribution >= 4 is 5.69 Å². The zero-order valence-electron chi connectivity index (χ0n) is 11.7. The van der Waals surface area contributed by atoms with E-state index in [0.29, 0.717) is 17.6 Å². The summed E-state index contributed by atoms with van der Waals surface area (Å²) in [6.45, 7) is 2.55. The van der Waals surface area contributed by atoms with Gasteiger partial charge >= 0.3 is 0 Å². The second-order valence-corrected chi connectivity index (χ2v) is 6.03. The molecule has 0 radical (unpaired) electrons. The van der Waals surface area contributed by atoms with Crippen molar-refractivity contribution in [2.75, 3.05) is 24.5 Å². The van der Waals surface area contributed by atoms with Gasteiger partial charge in [-0.3, -0.25) is 0 Å². The molecule has 1 aliphatic carbocycles. The Morgan fingerprint density at radius 2 is 1.70 bits per heavy atom. The molecule has 20 heavy (non-hydrogen) atoms. The molecular weight excluding hydrogens is 258 g/mol. The Morgan fingerprint density at radius 1 is 1.00 bits per heavy atom. The Morgan fingerprint density at radius 3 is 2.40 bits per heavy atom. The lowest BCUT2D eigenvalue weighted by Gasteiger charge is -2.40. The van der Waals surface area contributed by atoms with Crippen molar-refractivity contribution in [1.29, 1.82) is 0 Å². The van der Waals surface area contributed by atoms with Crippen molar-refractivity contribution in [1.82, 2.24) is 5.32 Å². The fraction of sp³-hybridized carbons (Fsp3) is 0.625. The second kappa shape index (κ2) is 6.08. The first-order valence-electron chi connectivity index (χ1n) is 7.67. The van der Waals surface area contributed by atoms with Crippen molar-refractivity contribution in [2.24, 2.45) is 5.92 Å². The van der Waals surface area contributed by atoms with Gasteiger partial charge in [-0.1, -0.05) is 19.3 Å². The van der Waals surface area contributed by atoms with Gasteiger partial charge in [-0.05, 0) is 30.9 Å². The van der Waals surface area contributed by atoms with Crippen molar-refractivity contribution in [2.45, 2.75) is 38.1 Å². The molecule has 1 saturated heterocycles. The Balaban J connectivity index is 1.70. The third-order valence-electron chi connectivity index (χ3n) is 4.64. The Labute approximate surface area is 119 Å². The number of nitrogens with one attached hydrogen (secondary N) is 1. The molecule has 0 aromatic heterocycles. The molecule has 0 amide bonds. The van der Waals surface area contributed by atoms with Gasteiger partial charge in [0, 0.05) is 37.4 Å². The smallest absolute Gasteiger partial charge is 0.128 e. The molecule has 2 fully saturated rings. The molecule has 1 saturated carbocycles. The molecule has 1 N–H and O–H groups in total. The van der Waals surface area contributed by atoms with Gasteiger partial charge in [0.1, 0.15) is 11.6 Å². The summed E-state index contributed by atoms with van der Waals surface area (Å²) >= 11 is 0. The summed E-state index contributed by atoms with van der Waals surface area (Å²) in [4.78, 5) is 2.11. The quantitative estimate of drug-likeness (QED) is 0.894. The van der Waals surface area contributed by atoms with E-state index < -0.39 is 11.6 Å². The van der Waals surface area contributed by atoms with Crippen molar-refractivity contribution in [3.8, 4) is 0 Å². The summed E-state index contributed by atoms with van der Waals surface area (Å²) in [7, 11) is 0. The molecule has 2 aliphatic rings. The van der Waals surface area contributed by atoms with Crippen LogP contribution in [0.25, 0.3) is 0 Å². The standard InChI is InChI=1S/C16H22F2N2/c17-13-8-14(18)10-15(9-13)20-7-6-19-16(11-20)12-4-2-1-3-5-12/h8-10,12,16,19H,1-7,11H2. The van der Waals surface area contributed by atoms with Crippen LogP contribution in [0.1, 0.15) is 32.1 Å².